The Labute approximate surface area is 156 Å². The summed E-state index contributed by atoms with van der Waals surface area (Å²) in [5.41, 5.74) is -2.20. The molecule has 148 valence electrons. The summed E-state index contributed by atoms with van der Waals surface area (Å²) in [5, 5.41) is 4.92. The second-order valence-electron chi connectivity index (χ2n) is 5.73. The third kappa shape index (κ3) is 5.62. The summed E-state index contributed by atoms with van der Waals surface area (Å²) in [7, 11) is 0. The molecule has 2 aromatic rings. The van der Waals surface area contributed by atoms with Crippen LogP contribution in [-0.2, 0) is 12.4 Å². The number of hydrogen-bond donors (Lipinski definition) is 2. The van der Waals surface area contributed by atoms with Crippen molar-refractivity contribution in [3.05, 3.63) is 40.5 Å². The predicted octanol–water partition coefficient (Wildman–Crippen LogP) is 6.12. The molecule has 0 aliphatic rings. The molecule has 0 aliphatic carbocycles. The molecule has 0 spiro atoms. The van der Waals surface area contributed by atoms with E-state index in [1.807, 2.05) is 6.92 Å². The number of anilines is 3. The van der Waals surface area contributed by atoms with Gasteiger partial charge in [-0.1, -0.05) is 18.5 Å². The number of rotatable bonds is 5. The number of halogens is 7. The summed E-state index contributed by atoms with van der Waals surface area (Å²) < 4.78 is 77.3. The standard InChI is InChI=1S/C16H15ClF6N4/c1-3-8(2)24-14-26-12(16(21,22)23)7-13(27-14)25-11-5-4-9(6-10(11)17)15(18,19)20/h4-8H,3H2,1-2H3,(H2,24,25,26,27)/t8-/m1/s1. The lowest BCUT2D eigenvalue weighted by Gasteiger charge is -2.16. The minimum atomic E-state index is -4.73. The molecule has 1 atom stereocenters. The zero-order valence-electron chi connectivity index (χ0n) is 14.1. The fourth-order valence-electron chi connectivity index (χ4n) is 1.97. The minimum Gasteiger partial charge on any atom is -0.352 e. The molecule has 0 fully saturated rings. The largest absolute Gasteiger partial charge is 0.433 e. The number of aromatic nitrogens is 2. The Morgan fingerprint density at radius 1 is 1.04 bits per heavy atom. The van der Waals surface area contributed by atoms with Gasteiger partial charge in [0.05, 0.1) is 16.3 Å². The summed E-state index contributed by atoms with van der Waals surface area (Å²) in [5.74, 6) is -0.519. The zero-order valence-corrected chi connectivity index (χ0v) is 14.9. The van der Waals surface area contributed by atoms with Crippen molar-refractivity contribution in [1.29, 1.82) is 0 Å². The Kier molecular flexibility index (Phi) is 6.08. The molecule has 2 N–H and O–H groups in total. The first-order valence-corrected chi connectivity index (χ1v) is 8.14. The molecule has 0 saturated heterocycles. The van der Waals surface area contributed by atoms with Crippen LogP contribution in [0.1, 0.15) is 31.5 Å². The van der Waals surface area contributed by atoms with Crippen LogP contribution in [-0.4, -0.2) is 16.0 Å². The highest BCUT2D eigenvalue weighted by Gasteiger charge is 2.34. The van der Waals surface area contributed by atoms with Crippen molar-refractivity contribution in [3.8, 4) is 0 Å². The van der Waals surface area contributed by atoms with Gasteiger partial charge in [0.2, 0.25) is 5.95 Å². The molecule has 0 saturated carbocycles. The van der Waals surface area contributed by atoms with E-state index in [-0.39, 0.29) is 28.5 Å². The van der Waals surface area contributed by atoms with Crippen LogP contribution in [0.15, 0.2) is 24.3 Å². The van der Waals surface area contributed by atoms with Crippen LogP contribution in [0.25, 0.3) is 0 Å². The van der Waals surface area contributed by atoms with Crippen molar-refractivity contribution in [3.63, 3.8) is 0 Å². The van der Waals surface area contributed by atoms with Crippen LogP contribution in [0.5, 0.6) is 0 Å². The number of nitrogens with zero attached hydrogens (tertiary/aromatic N) is 2. The van der Waals surface area contributed by atoms with Gasteiger partial charge in [-0.25, -0.2) is 4.98 Å². The van der Waals surface area contributed by atoms with Gasteiger partial charge in [0.25, 0.3) is 0 Å². The van der Waals surface area contributed by atoms with E-state index in [4.69, 9.17) is 11.6 Å². The Balaban J connectivity index is 2.38. The van der Waals surface area contributed by atoms with Crippen LogP contribution >= 0.6 is 11.6 Å². The van der Waals surface area contributed by atoms with E-state index in [0.29, 0.717) is 18.6 Å². The molecular weight excluding hydrogens is 398 g/mol. The minimum absolute atomic E-state index is 0.0222. The lowest BCUT2D eigenvalue weighted by Crippen LogP contribution is -2.18. The first kappa shape index (κ1) is 21.1. The van der Waals surface area contributed by atoms with Crippen molar-refractivity contribution in [2.24, 2.45) is 0 Å². The molecule has 1 heterocycles. The zero-order chi connectivity index (χ0) is 20.4. The highest BCUT2D eigenvalue weighted by Crippen LogP contribution is 2.35. The molecule has 1 aromatic carbocycles. The summed E-state index contributed by atoms with van der Waals surface area (Å²) in [6, 6.07) is 2.92. The first-order valence-electron chi connectivity index (χ1n) is 7.76. The lowest BCUT2D eigenvalue weighted by atomic mass is 10.2. The van der Waals surface area contributed by atoms with Crippen molar-refractivity contribution in [1.82, 2.24) is 9.97 Å². The van der Waals surface area contributed by atoms with Crippen LogP contribution in [0, 0.1) is 0 Å². The van der Waals surface area contributed by atoms with Crippen LogP contribution < -0.4 is 10.6 Å². The Bertz CT molecular complexity index is 806. The maximum absolute atomic E-state index is 13.1. The van der Waals surface area contributed by atoms with E-state index in [9.17, 15) is 26.3 Å². The van der Waals surface area contributed by atoms with E-state index in [2.05, 4.69) is 20.6 Å². The molecule has 0 bridgehead atoms. The Hall–Kier alpha value is -2.23. The average molecular weight is 413 g/mol. The maximum Gasteiger partial charge on any atom is 0.433 e. The summed E-state index contributed by atoms with van der Waals surface area (Å²) in [4.78, 5) is 7.36. The van der Waals surface area contributed by atoms with Gasteiger partial charge in [0.15, 0.2) is 5.69 Å². The third-order valence-corrected chi connectivity index (χ3v) is 3.88. The van der Waals surface area contributed by atoms with Gasteiger partial charge in [-0.2, -0.15) is 31.3 Å². The van der Waals surface area contributed by atoms with Gasteiger partial charge in [0.1, 0.15) is 5.82 Å². The number of nitrogens with one attached hydrogen (secondary N) is 2. The van der Waals surface area contributed by atoms with E-state index >= 15 is 0 Å². The number of alkyl halides is 6. The Morgan fingerprint density at radius 2 is 1.70 bits per heavy atom. The highest BCUT2D eigenvalue weighted by molar-refractivity contribution is 6.33. The Morgan fingerprint density at radius 3 is 2.22 bits per heavy atom. The smallest absolute Gasteiger partial charge is 0.352 e. The van der Waals surface area contributed by atoms with Crippen LogP contribution in [0.3, 0.4) is 0 Å². The third-order valence-electron chi connectivity index (χ3n) is 3.56. The molecule has 0 aliphatic heterocycles. The van der Waals surface area contributed by atoms with Crippen molar-refractivity contribution in [2.75, 3.05) is 10.6 Å². The second-order valence-corrected chi connectivity index (χ2v) is 6.14. The van der Waals surface area contributed by atoms with Gasteiger partial charge in [-0.15, -0.1) is 0 Å². The number of benzene rings is 1. The predicted molar refractivity (Wildman–Crippen MR) is 90.1 cm³/mol. The molecule has 11 heteroatoms. The average Bonchev–Trinajstić information content (AvgIpc) is 2.54. The molecule has 0 unspecified atom stereocenters. The lowest BCUT2D eigenvalue weighted by molar-refractivity contribution is -0.141. The van der Waals surface area contributed by atoms with Crippen LogP contribution in [0.4, 0.5) is 43.8 Å². The van der Waals surface area contributed by atoms with Crippen LogP contribution in [0.2, 0.25) is 5.02 Å². The van der Waals surface area contributed by atoms with Crippen molar-refractivity contribution >= 4 is 29.1 Å². The summed E-state index contributed by atoms with van der Waals surface area (Å²) in [6.45, 7) is 3.57. The normalized spacial score (nSPS) is 13.4. The van der Waals surface area contributed by atoms with E-state index in [0.717, 1.165) is 12.1 Å². The SMILES string of the molecule is CC[C@@H](C)Nc1nc(Nc2ccc(C(F)(F)F)cc2Cl)cc(C(F)(F)F)n1. The molecule has 0 amide bonds. The molecule has 4 nitrogen and oxygen atoms in total. The van der Waals surface area contributed by atoms with Crippen molar-refractivity contribution < 1.29 is 26.3 Å². The molecular formula is C16H15ClF6N4. The topological polar surface area (TPSA) is 49.8 Å². The molecule has 27 heavy (non-hydrogen) atoms. The number of hydrogen-bond acceptors (Lipinski definition) is 4. The molecule has 0 radical (unpaired) electrons. The quantitative estimate of drug-likeness (QED) is 0.581. The molecule has 1 aromatic heterocycles. The highest BCUT2D eigenvalue weighted by atomic mass is 35.5. The van der Waals surface area contributed by atoms with E-state index in [1.165, 1.54) is 0 Å². The second kappa shape index (κ2) is 7.79. The van der Waals surface area contributed by atoms with Gasteiger partial charge >= 0.3 is 12.4 Å². The van der Waals surface area contributed by atoms with Gasteiger partial charge in [-0.05, 0) is 31.5 Å². The maximum atomic E-state index is 13.1. The van der Waals surface area contributed by atoms with Crippen molar-refractivity contribution in [2.45, 2.75) is 38.7 Å². The monoisotopic (exact) mass is 412 g/mol. The van der Waals surface area contributed by atoms with E-state index < -0.39 is 23.6 Å². The van der Waals surface area contributed by atoms with E-state index in [1.54, 1.807) is 6.92 Å². The first-order chi connectivity index (χ1) is 12.4. The van der Waals surface area contributed by atoms with Gasteiger partial charge in [-0.3, -0.25) is 0 Å². The summed E-state index contributed by atoms with van der Waals surface area (Å²) >= 11 is 5.82. The molecule has 2 rings (SSSR count). The fraction of sp³-hybridized carbons (Fsp3) is 0.375. The summed E-state index contributed by atoms with van der Waals surface area (Å²) in [6.07, 6.45) is -8.70. The van der Waals surface area contributed by atoms with Gasteiger partial charge in [0, 0.05) is 12.1 Å². The fourth-order valence-corrected chi connectivity index (χ4v) is 2.20. The van der Waals surface area contributed by atoms with Gasteiger partial charge < -0.3 is 10.6 Å².